The summed E-state index contributed by atoms with van der Waals surface area (Å²) in [6.45, 7) is 0. The molecule has 1 unspecified atom stereocenters. The molecular formula is C16H13Br2NS. The molecule has 20 heavy (non-hydrogen) atoms. The average Bonchev–Trinajstić information content (AvgIpc) is 2.89. The molecule has 1 N–H and O–H groups in total. The minimum atomic E-state index is 0.204. The van der Waals surface area contributed by atoms with Crippen molar-refractivity contribution in [1.82, 2.24) is 5.32 Å². The van der Waals surface area contributed by atoms with Crippen molar-refractivity contribution in [3.05, 3.63) is 67.2 Å². The van der Waals surface area contributed by atoms with E-state index in [1.54, 1.807) is 11.3 Å². The molecule has 0 saturated carbocycles. The summed E-state index contributed by atoms with van der Waals surface area (Å²) in [6.07, 6.45) is 0. The van der Waals surface area contributed by atoms with Gasteiger partial charge in [-0.25, -0.2) is 0 Å². The first-order valence-electron chi connectivity index (χ1n) is 6.29. The van der Waals surface area contributed by atoms with Crippen LogP contribution in [-0.2, 0) is 0 Å². The van der Waals surface area contributed by atoms with Gasteiger partial charge in [-0.15, -0.1) is 11.3 Å². The minimum absolute atomic E-state index is 0.204. The molecule has 102 valence electrons. The summed E-state index contributed by atoms with van der Waals surface area (Å²) in [5, 5.41) is 8.16. The first kappa shape index (κ1) is 14.3. The van der Waals surface area contributed by atoms with Gasteiger partial charge in [0.1, 0.15) is 0 Å². The zero-order valence-electron chi connectivity index (χ0n) is 10.9. The van der Waals surface area contributed by atoms with Crippen LogP contribution >= 0.6 is 43.2 Å². The molecule has 0 aliphatic heterocycles. The Bertz CT molecular complexity index is 751. The summed E-state index contributed by atoms with van der Waals surface area (Å²) < 4.78 is 2.30. The van der Waals surface area contributed by atoms with E-state index in [9.17, 15) is 0 Å². The van der Waals surface area contributed by atoms with Crippen molar-refractivity contribution >= 4 is 54.0 Å². The van der Waals surface area contributed by atoms with E-state index in [0.29, 0.717) is 0 Å². The molecule has 0 aliphatic rings. The molecule has 0 amide bonds. The molecule has 1 aromatic heterocycles. The van der Waals surface area contributed by atoms with Crippen LogP contribution in [0.4, 0.5) is 0 Å². The van der Waals surface area contributed by atoms with Crippen LogP contribution in [-0.4, -0.2) is 7.05 Å². The number of thiophene rings is 1. The molecule has 1 atom stereocenters. The van der Waals surface area contributed by atoms with Gasteiger partial charge in [0.05, 0.1) is 9.83 Å². The van der Waals surface area contributed by atoms with Crippen molar-refractivity contribution in [2.24, 2.45) is 0 Å². The highest BCUT2D eigenvalue weighted by molar-refractivity contribution is 9.11. The number of nitrogens with one attached hydrogen (secondary N) is 1. The number of halogens is 2. The van der Waals surface area contributed by atoms with Gasteiger partial charge in [-0.2, -0.15) is 0 Å². The van der Waals surface area contributed by atoms with E-state index in [-0.39, 0.29) is 6.04 Å². The molecule has 1 nitrogen and oxygen atoms in total. The molecule has 1 heterocycles. The average molecular weight is 411 g/mol. The van der Waals surface area contributed by atoms with Gasteiger partial charge in [0, 0.05) is 4.47 Å². The minimum Gasteiger partial charge on any atom is -0.309 e. The third kappa shape index (κ3) is 2.58. The molecule has 4 heteroatoms. The first-order chi connectivity index (χ1) is 9.70. The highest BCUT2D eigenvalue weighted by Crippen LogP contribution is 2.35. The van der Waals surface area contributed by atoms with Crippen LogP contribution in [0.15, 0.2) is 56.1 Å². The van der Waals surface area contributed by atoms with Crippen molar-refractivity contribution < 1.29 is 0 Å². The topological polar surface area (TPSA) is 12.0 Å². The van der Waals surface area contributed by atoms with E-state index in [1.807, 2.05) is 7.05 Å². The smallest absolute Gasteiger partial charge is 0.0701 e. The summed E-state index contributed by atoms with van der Waals surface area (Å²) >= 11 is 8.90. The molecule has 2 aromatic carbocycles. The Morgan fingerprint density at radius 1 is 1.05 bits per heavy atom. The quantitative estimate of drug-likeness (QED) is 0.580. The van der Waals surface area contributed by atoms with E-state index >= 15 is 0 Å². The standard InChI is InChI=1S/C16H13Br2NS/c1-19-16(10-8-15(18)20-9-10)13-6-7-14(17)12-5-3-2-4-11(12)13/h2-9,16,19H,1H3. The molecule has 3 rings (SSSR count). The SMILES string of the molecule is CNC(c1csc(Br)c1)c1ccc(Br)c2ccccc12. The van der Waals surface area contributed by atoms with E-state index in [4.69, 9.17) is 0 Å². The monoisotopic (exact) mass is 409 g/mol. The van der Waals surface area contributed by atoms with Gasteiger partial charge in [0.2, 0.25) is 0 Å². The summed E-state index contributed by atoms with van der Waals surface area (Å²) in [5.74, 6) is 0. The normalized spacial score (nSPS) is 12.8. The van der Waals surface area contributed by atoms with E-state index in [0.717, 1.165) is 8.26 Å². The summed E-state index contributed by atoms with van der Waals surface area (Å²) in [4.78, 5) is 0. The van der Waals surface area contributed by atoms with Crippen LogP contribution in [0.5, 0.6) is 0 Å². The lowest BCUT2D eigenvalue weighted by Gasteiger charge is -2.18. The second-order valence-corrected chi connectivity index (χ2v) is 7.73. The lowest BCUT2D eigenvalue weighted by atomic mass is 9.95. The van der Waals surface area contributed by atoms with Gasteiger partial charge in [0.25, 0.3) is 0 Å². The van der Waals surface area contributed by atoms with Gasteiger partial charge in [-0.05, 0) is 62.4 Å². The number of benzene rings is 2. The predicted octanol–water partition coefficient (Wildman–Crippen LogP) is 5.74. The Morgan fingerprint density at radius 2 is 1.80 bits per heavy atom. The highest BCUT2D eigenvalue weighted by atomic mass is 79.9. The largest absolute Gasteiger partial charge is 0.309 e. The molecule has 0 saturated heterocycles. The van der Waals surface area contributed by atoms with Gasteiger partial charge in [-0.1, -0.05) is 46.3 Å². The molecule has 3 aromatic rings. The fourth-order valence-corrected chi connectivity index (χ4v) is 4.19. The second kappa shape index (κ2) is 5.98. The van der Waals surface area contributed by atoms with Crippen LogP contribution in [0, 0.1) is 0 Å². The van der Waals surface area contributed by atoms with Gasteiger partial charge in [-0.3, -0.25) is 0 Å². The number of rotatable bonds is 3. The second-order valence-electron chi connectivity index (χ2n) is 4.59. The fourth-order valence-electron chi connectivity index (χ4n) is 2.51. The predicted molar refractivity (Wildman–Crippen MR) is 94.6 cm³/mol. The van der Waals surface area contributed by atoms with Crippen molar-refractivity contribution in [3.8, 4) is 0 Å². The van der Waals surface area contributed by atoms with Crippen molar-refractivity contribution in [1.29, 1.82) is 0 Å². The lowest BCUT2D eigenvalue weighted by molar-refractivity contribution is 0.699. The lowest BCUT2D eigenvalue weighted by Crippen LogP contribution is -2.17. The number of hydrogen-bond donors (Lipinski definition) is 1. The van der Waals surface area contributed by atoms with Gasteiger partial charge < -0.3 is 5.32 Å². The maximum Gasteiger partial charge on any atom is 0.0701 e. The maximum absolute atomic E-state index is 3.64. The Morgan fingerprint density at radius 3 is 2.45 bits per heavy atom. The molecule has 0 spiro atoms. The third-order valence-electron chi connectivity index (χ3n) is 3.43. The zero-order valence-corrected chi connectivity index (χ0v) is 14.8. The summed E-state index contributed by atoms with van der Waals surface area (Å²) in [7, 11) is 2.01. The molecule has 0 radical (unpaired) electrons. The van der Waals surface area contributed by atoms with Gasteiger partial charge >= 0.3 is 0 Å². The molecule has 0 bridgehead atoms. The van der Waals surface area contributed by atoms with Crippen LogP contribution in [0.3, 0.4) is 0 Å². The van der Waals surface area contributed by atoms with E-state index in [2.05, 4.69) is 85.0 Å². The maximum atomic E-state index is 3.64. The van der Waals surface area contributed by atoms with Gasteiger partial charge in [0.15, 0.2) is 0 Å². The number of fused-ring (bicyclic) bond motifs is 1. The van der Waals surface area contributed by atoms with Crippen molar-refractivity contribution in [2.45, 2.75) is 6.04 Å². The summed E-state index contributed by atoms with van der Waals surface area (Å²) in [5.41, 5.74) is 2.59. The van der Waals surface area contributed by atoms with Crippen LogP contribution in [0.25, 0.3) is 10.8 Å². The Labute approximate surface area is 139 Å². The highest BCUT2D eigenvalue weighted by Gasteiger charge is 2.16. The van der Waals surface area contributed by atoms with Crippen LogP contribution < -0.4 is 5.32 Å². The molecular weight excluding hydrogens is 398 g/mol. The van der Waals surface area contributed by atoms with Crippen LogP contribution in [0.1, 0.15) is 17.2 Å². The Hall–Kier alpha value is -0.680. The summed E-state index contributed by atoms with van der Waals surface area (Å²) in [6, 6.07) is 15.2. The first-order valence-corrected chi connectivity index (χ1v) is 8.75. The number of hydrogen-bond acceptors (Lipinski definition) is 2. The third-order valence-corrected chi connectivity index (χ3v) is 5.64. The Balaban J connectivity index is 2.20. The van der Waals surface area contributed by atoms with E-state index in [1.165, 1.54) is 21.9 Å². The molecule has 0 fully saturated rings. The van der Waals surface area contributed by atoms with E-state index < -0.39 is 0 Å². The van der Waals surface area contributed by atoms with Crippen LogP contribution in [0.2, 0.25) is 0 Å². The fraction of sp³-hybridized carbons (Fsp3) is 0.125. The Kier molecular flexibility index (Phi) is 4.26. The van der Waals surface area contributed by atoms with Crippen molar-refractivity contribution in [3.63, 3.8) is 0 Å². The van der Waals surface area contributed by atoms with Crippen molar-refractivity contribution in [2.75, 3.05) is 7.05 Å². The molecule has 0 aliphatic carbocycles. The zero-order chi connectivity index (χ0) is 14.1.